The minimum absolute atomic E-state index is 0.0868. The maximum absolute atomic E-state index is 14.3. The van der Waals surface area contributed by atoms with Crippen molar-refractivity contribution in [3.63, 3.8) is 0 Å². The average molecular weight is 508 g/mol. The molecule has 5 atom stereocenters. The first kappa shape index (κ1) is 25.6. The maximum atomic E-state index is 14.3. The van der Waals surface area contributed by atoms with Crippen molar-refractivity contribution in [1.29, 1.82) is 0 Å². The van der Waals surface area contributed by atoms with E-state index in [1.54, 1.807) is 24.3 Å². The van der Waals surface area contributed by atoms with E-state index in [0.29, 0.717) is 11.3 Å². The highest BCUT2D eigenvalue weighted by atomic mass is 16.5. The molecule has 0 radical (unpaired) electrons. The van der Waals surface area contributed by atoms with Crippen LogP contribution in [-0.2, 0) is 19.1 Å². The number of benzene rings is 1. The summed E-state index contributed by atoms with van der Waals surface area (Å²) in [4.78, 5) is 55.4. The zero-order valence-electron chi connectivity index (χ0n) is 22.3. The van der Waals surface area contributed by atoms with Crippen molar-refractivity contribution < 1.29 is 23.9 Å². The average Bonchev–Trinajstić information content (AvgIpc) is 3.39. The van der Waals surface area contributed by atoms with E-state index in [2.05, 4.69) is 10.6 Å². The molecule has 2 bridgehead atoms. The van der Waals surface area contributed by atoms with Crippen LogP contribution in [0.15, 0.2) is 36.4 Å². The van der Waals surface area contributed by atoms with Gasteiger partial charge in [0.15, 0.2) is 5.78 Å². The summed E-state index contributed by atoms with van der Waals surface area (Å²) in [5, 5.41) is 6.21. The standard InChI is InChI=1S/C29H37N3O5/c1-17(33)18-10-9-13-20(16-18)32-23(25(35)31-27(2,3)4)29-15-14-28(5,37-29)21(22(29)26(32)36)24(34)30-19-11-7-6-8-12-19/h9-10,13-16,19,21-23H,6-8,11-12H2,1-5H3,(H,30,34)(H,31,35)/t21-,22+,23+,28+,29-/m0/s1. The largest absolute Gasteiger partial charge is 0.356 e. The van der Waals surface area contributed by atoms with Gasteiger partial charge in [0.2, 0.25) is 17.7 Å². The van der Waals surface area contributed by atoms with E-state index >= 15 is 0 Å². The summed E-state index contributed by atoms with van der Waals surface area (Å²) in [5.74, 6) is -2.67. The molecule has 1 saturated carbocycles. The minimum atomic E-state index is -1.29. The van der Waals surface area contributed by atoms with Crippen molar-refractivity contribution in [2.45, 2.75) is 95.5 Å². The van der Waals surface area contributed by atoms with E-state index in [-0.39, 0.29) is 29.5 Å². The topological polar surface area (TPSA) is 105 Å². The molecular weight excluding hydrogens is 470 g/mol. The van der Waals surface area contributed by atoms with Gasteiger partial charge in [0.25, 0.3) is 0 Å². The lowest BCUT2D eigenvalue weighted by molar-refractivity contribution is -0.135. The Morgan fingerprint density at radius 1 is 1.05 bits per heavy atom. The fourth-order valence-corrected chi connectivity index (χ4v) is 6.66. The lowest BCUT2D eigenvalue weighted by atomic mass is 9.70. The number of Topliss-reactive ketones (excluding diaryl/α,β-unsaturated/α-hetero) is 1. The van der Waals surface area contributed by atoms with Crippen molar-refractivity contribution in [2.24, 2.45) is 11.8 Å². The zero-order valence-corrected chi connectivity index (χ0v) is 22.3. The Morgan fingerprint density at radius 2 is 1.76 bits per heavy atom. The Morgan fingerprint density at radius 3 is 2.41 bits per heavy atom. The number of rotatable bonds is 5. The molecule has 3 heterocycles. The summed E-state index contributed by atoms with van der Waals surface area (Å²) < 4.78 is 6.58. The number of anilines is 1. The summed E-state index contributed by atoms with van der Waals surface area (Å²) in [6.45, 7) is 8.92. The number of ketones is 1. The van der Waals surface area contributed by atoms with Gasteiger partial charge in [-0.3, -0.25) is 24.1 Å². The van der Waals surface area contributed by atoms with Crippen molar-refractivity contribution in [1.82, 2.24) is 10.6 Å². The molecule has 1 aliphatic carbocycles. The van der Waals surface area contributed by atoms with Gasteiger partial charge in [0.1, 0.15) is 11.6 Å². The van der Waals surface area contributed by atoms with Gasteiger partial charge in [0, 0.05) is 22.8 Å². The molecule has 3 aliphatic heterocycles. The van der Waals surface area contributed by atoms with Crippen LogP contribution >= 0.6 is 0 Å². The lowest BCUT2D eigenvalue weighted by Gasteiger charge is -2.35. The fourth-order valence-electron chi connectivity index (χ4n) is 6.66. The van der Waals surface area contributed by atoms with Gasteiger partial charge in [-0.05, 0) is 59.6 Å². The zero-order chi connectivity index (χ0) is 26.8. The third-order valence-corrected chi connectivity index (χ3v) is 8.21. The van der Waals surface area contributed by atoms with Crippen molar-refractivity contribution >= 4 is 29.2 Å². The number of amides is 3. The number of ether oxygens (including phenoxy) is 1. The summed E-state index contributed by atoms with van der Waals surface area (Å²) in [6, 6.07) is 5.78. The highest BCUT2D eigenvalue weighted by Gasteiger charge is 2.76. The highest BCUT2D eigenvalue weighted by molar-refractivity contribution is 6.11. The summed E-state index contributed by atoms with van der Waals surface area (Å²) in [5.41, 5.74) is -1.96. The van der Waals surface area contributed by atoms with Crippen LogP contribution in [0.3, 0.4) is 0 Å². The van der Waals surface area contributed by atoms with Gasteiger partial charge < -0.3 is 15.4 Å². The first-order valence-electron chi connectivity index (χ1n) is 13.3. The summed E-state index contributed by atoms with van der Waals surface area (Å²) >= 11 is 0. The second-order valence-corrected chi connectivity index (χ2v) is 12.2. The third-order valence-electron chi connectivity index (χ3n) is 8.21. The predicted molar refractivity (Wildman–Crippen MR) is 139 cm³/mol. The molecule has 8 nitrogen and oxygen atoms in total. The van der Waals surface area contributed by atoms with E-state index in [0.717, 1.165) is 25.7 Å². The van der Waals surface area contributed by atoms with Crippen LogP contribution in [0.25, 0.3) is 0 Å². The summed E-state index contributed by atoms with van der Waals surface area (Å²) in [6.07, 6.45) is 8.82. The molecule has 4 aliphatic rings. The highest BCUT2D eigenvalue weighted by Crippen LogP contribution is 2.60. The van der Waals surface area contributed by atoms with Crippen LogP contribution in [0, 0.1) is 11.8 Å². The molecule has 5 rings (SSSR count). The molecule has 1 aromatic carbocycles. The smallest absolute Gasteiger partial charge is 0.246 e. The molecule has 37 heavy (non-hydrogen) atoms. The molecule has 1 aromatic rings. The Labute approximate surface area is 218 Å². The maximum Gasteiger partial charge on any atom is 0.246 e. The normalized spacial score (nSPS) is 32.9. The van der Waals surface area contributed by atoms with Gasteiger partial charge in [-0.1, -0.05) is 43.5 Å². The number of nitrogens with one attached hydrogen (secondary N) is 2. The Balaban J connectivity index is 1.58. The first-order chi connectivity index (χ1) is 17.4. The molecule has 1 spiro atoms. The Hall–Kier alpha value is -3.00. The van der Waals surface area contributed by atoms with Gasteiger partial charge in [-0.15, -0.1) is 0 Å². The fraction of sp³-hybridized carbons (Fsp3) is 0.586. The molecular formula is C29H37N3O5. The van der Waals surface area contributed by atoms with Crippen molar-refractivity contribution in [2.75, 3.05) is 4.90 Å². The lowest BCUT2D eigenvalue weighted by Crippen LogP contribution is -2.58. The Bertz CT molecular complexity index is 1180. The van der Waals surface area contributed by atoms with E-state index in [1.165, 1.54) is 18.2 Å². The van der Waals surface area contributed by atoms with Crippen LogP contribution in [0.1, 0.15) is 77.1 Å². The van der Waals surface area contributed by atoms with Crippen molar-refractivity contribution in [3.05, 3.63) is 42.0 Å². The molecule has 198 valence electrons. The number of carbonyl (C=O) groups excluding carboxylic acids is 4. The Kier molecular flexibility index (Phi) is 6.09. The number of carbonyl (C=O) groups is 4. The van der Waals surface area contributed by atoms with Crippen molar-refractivity contribution in [3.8, 4) is 0 Å². The first-order valence-corrected chi connectivity index (χ1v) is 13.3. The van der Waals surface area contributed by atoms with E-state index < -0.39 is 34.6 Å². The minimum Gasteiger partial charge on any atom is -0.356 e. The van der Waals surface area contributed by atoms with Crippen LogP contribution in [-0.4, -0.2) is 52.3 Å². The number of nitrogens with zero attached hydrogens (tertiary/aromatic N) is 1. The van der Waals surface area contributed by atoms with Gasteiger partial charge in [-0.25, -0.2) is 0 Å². The second-order valence-electron chi connectivity index (χ2n) is 12.2. The van der Waals surface area contributed by atoms with E-state index in [1.807, 2.05) is 39.8 Å². The molecule has 3 amide bonds. The van der Waals surface area contributed by atoms with Gasteiger partial charge in [-0.2, -0.15) is 0 Å². The SMILES string of the molecule is CC(=O)c1cccc(N2C(=O)[C@H]3[C@@H](C(=O)NC4CCCCC4)[C@@]4(C)C=C[C@@]3(O4)[C@H]2C(=O)NC(C)(C)C)c1. The molecule has 0 aromatic heterocycles. The molecule has 2 saturated heterocycles. The molecule has 2 N–H and O–H groups in total. The number of fused-ring (bicyclic) bond motifs is 1. The number of hydrogen-bond donors (Lipinski definition) is 2. The number of hydrogen-bond acceptors (Lipinski definition) is 5. The monoisotopic (exact) mass is 507 g/mol. The summed E-state index contributed by atoms with van der Waals surface area (Å²) in [7, 11) is 0. The quantitative estimate of drug-likeness (QED) is 0.470. The van der Waals surface area contributed by atoms with Crippen LogP contribution in [0.5, 0.6) is 0 Å². The van der Waals surface area contributed by atoms with Crippen LogP contribution in [0.2, 0.25) is 0 Å². The second kappa shape index (κ2) is 8.79. The predicted octanol–water partition coefficient (Wildman–Crippen LogP) is 3.30. The van der Waals surface area contributed by atoms with Gasteiger partial charge >= 0.3 is 0 Å². The van der Waals surface area contributed by atoms with Gasteiger partial charge in [0.05, 0.1) is 17.4 Å². The molecule has 8 heteroatoms. The molecule has 0 unspecified atom stereocenters. The van der Waals surface area contributed by atoms with E-state index in [9.17, 15) is 19.2 Å². The van der Waals surface area contributed by atoms with E-state index in [4.69, 9.17) is 4.74 Å². The molecule has 3 fully saturated rings. The third kappa shape index (κ3) is 4.19. The van der Waals surface area contributed by atoms with Crippen LogP contribution in [0.4, 0.5) is 5.69 Å². The van der Waals surface area contributed by atoms with Crippen LogP contribution < -0.4 is 15.5 Å².